The molecular formula is C13H17NO3S. The smallest absolute Gasteiger partial charge is 0.306 e. The summed E-state index contributed by atoms with van der Waals surface area (Å²) in [4.78, 5) is 22.4. The van der Waals surface area contributed by atoms with E-state index in [-0.39, 0.29) is 0 Å². The molecule has 0 radical (unpaired) electrons. The molecule has 0 aliphatic heterocycles. The zero-order chi connectivity index (χ0) is 13.5. The van der Waals surface area contributed by atoms with Crippen molar-refractivity contribution < 1.29 is 14.7 Å². The van der Waals surface area contributed by atoms with Crippen LogP contribution < -0.4 is 5.73 Å². The molecule has 1 rings (SSSR count). The van der Waals surface area contributed by atoms with Crippen LogP contribution in [-0.2, 0) is 11.2 Å². The Kier molecular flexibility index (Phi) is 5.71. The number of amides is 1. The van der Waals surface area contributed by atoms with E-state index in [0.717, 1.165) is 6.42 Å². The lowest BCUT2D eigenvalue weighted by molar-refractivity contribution is -0.141. The minimum absolute atomic E-state index is 0.322. The Morgan fingerprint density at radius 1 is 1.33 bits per heavy atom. The normalized spacial score (nSPS) is 12.1. The number of rotatable bonds is 7. The summed E-state index contributed by atoms with van der Waals surface area (Å²) in [6.45, 7) is 0. The molecule has 3 N–H and O–H groups in total. The summed E-state index contributed by atoms with van der Waals surface area (Å²) >= 11 is 4.08. The van der Waals surface area contributed by atoms with Crippen LogP contribution in [0.15, 0.2) is 24.3 Å². The van der Waals surface area contributed by atoms with Crippen molar-refractivity contribution in [3.63, 3.8) is 0 Å². The number of hydrogen-bond donors (Lipinski definition) is 3. The van der Waals surface area contributed by atoms with Crippen molar-refractivity contribution in [3.05, 3.63) is 35.4 Å². The van der Waals surface area contributed by atoms with Crippen LogP contribution in [0.2, 0.25) is 0 Å². The molecule has 0 fully saturated rings. The first-order valence-electron chi connectivity index (χ1n) is 5.77. The van der Waals surface area contributed by atoms with Gasteiger partial charge in [0.2, 0.25) is 5.91 Å². The topological polar surface area (TPSA) is 80.4 Å². The van der Waals surface area contributed by atoms with Crippen LogP contribution in [0.25, 0.3) is 0 Å². The Labute approximate surface area is 112 Å². The number of carbonyl (C=O) groups is 2. The van der Waals surface area contributed by atoms with E-state index in [9.17, 15) is 9.59 Å². The predicted octanol–water partition coefficient (Wildman–Crippen LogP) is 1.74. The number of aliphatic carboxylic acids is 1. The van der Waals surface area contributed by atoms with Gasteiger partial charge in [0.25, 0.3) is 0 Å². The average Bonchev–Trinajstić information content (AvgIpc) is 2.34. The molecule has 4 nitrogen and oxygen atoms in total. The lowest BCUT2D eigenvalue weighted by Gasteiger charge is -2.13. The Balaban J connectivity index is 2.86. The maximum absolute atomic E-state index is 11.2. The quantitative estimate of drug-likeness (QED) is 0.658. The molecule has 0 saturated heterocycles. The van der Waals surface area contributed by atoms with Crippen molar-refractivity contribution >= 4 is 24.5 Å². The number of thiol groups is 1. The van der Waals surface area contributed by atoms with Crippen LogP contribution in [0.4, 0.5) is 0 Å². The Morgan fingerprint density at radius 2 is 2.00 bits per heavy atom. The molecule has 0 bridgehead atoms. The zero-order valence-electron chi connectivity index (χ0n) is 10.0. The van der Waals surface area contributed by atoms with Gasteiger partial charge in [-0.3, -0.25) is 9.59 Å². The largest absolute Gasteiger partial charge is 0.481 e. The molecule has 1 atom stereocenters. The highest BCUT2D eigenvalue weighted by Crippen LogP contribution is 2.18. The van der Waals surface area contributed by atoms with Crippen LogP contribution >= 0.6 is 12.6 Å². The number of carboxylic acid groups (broad SMARTS) is 1. The van der Waals surface area contributed by atoms with E-state index in [2.05, 4.69) is 12.6 Å². The number of primary amides is 1. The van der Waals surface area contributed by atoms with Crippen molar-refractivity contribution in [1.82, 2.24) is 0 Å². The molecule has 1 unspecified atom stereocenters. The fourth-order valence-electron chi connectivity index (χ4n) is 1.85. The summed E-state index contributed by atoms with van der Waals surface area (Å²) in [5.74, 6) is -1.22. The second-order valence-electron chi connectivity index (χ2n) is 4.13. The molecule has 0 aliphatic rings. The Morgan fingerprint density at radius 3 is 2.56 bits per heavy atom. The van der Waals surface area contributed by atoms with Crippen LogP contribution in [0.1, 0.15) is 28.8 Å². The first kappa shape index (κ1) is 14.6. The minimum Gasteiger partial charge on any atom is -0.481 e. The van der Waals surface area contributed by atoms with Gasteiger partial charge in [-0.15, -0.1) is 0 Å². The molecule has 0 saturated carbocycles. The third-order valence-corrected chi connectivity index (χ3v) is 3.13. The number of carboxylic acids is 1. The third kappa shape index (κ3) is 4.07. The third-order valence-electron chi connectivity index (χ3n) is 2.81. The molecule has 1 amide bonds. The van der Waals surface area contributed by atoms with Gasteiger partial charge in [0.1, 0.15) is 0 Å². The fraction of sp³-hybridized carbons (Fsp3) is 0.385. The molecule has 0 aliphatic carbocycles. The highest BCUT2D eigenvalue weighted by atomic mass is 32.1. The van der Waals surface area contributed by atoms with Gasteiger partial charge in [0, 0.05) is 5.56 Å². The van der Waals surface area contributed by atoms with Crippen molar-refractivity contribution in [2.45, 2.75) is 19.3 Å². The van der Waals surface area contributed by atoms with E-state index >= 15 is 0 Å². The van der Waals surface area contributed by atoms with Crippen molar-refractivity contribution in [2.75, 3.05) is 5.75 Å². The fourth-order valence-corrected chi connectivity index (χ4v) is 2.04. The second kappa shape index (κ2) is 7.06. The van der Waals surface area contributed by atoms with Crippen molar-refractivity contribution in [2.24, 2.45) is 11.7 Å². The summed E-state index contributed by atoms with van der Waals surface area (Å²) in [6.07, 6.45) is 1.60. The summed E-state index contributed by atoms with van der Waals surface area (Å²) in [5.41, 5.74) is 6.36. The predicted molar refractivity (Wildman–Crippen MR) is 72.9 cm³/mol. The zero-order valence-corrected chi connectivity index (χ0v) is 10.9. The van der Waals surface area contributed by atoms with Gasteiger partial charge in [-0.05, 0) is 36.6 Å². The van der Waals surface area contributed by atoms with Gasteiger partial charge >= 0.3 is 5.97 Å². The monoisotopic (exact) mass is 267 g/mol. The van der Waals surface area contributed by atoms with E-state index in [1.165, 1.54) is 0 Å². The SMILES string of the molecule is NC(=O)c1ccccc1CC(CCCS)C(=O)O. The van der Waals surface area contributed by atoms with E-state index in [4.69, 9.17) is 10.8 Å². The van der Waals surface area contributed by atoms with Gasteiger partial charge in [-0.25, -0.2) is 0 Å². The van der Waals surface area contributed by atoms with E-state index < -0.39 is 17.8 Å². The first-order valence-corrected chi connectivity index (χ1v) is 6.41. The highest BCUT2D eigenvalue weighted by molar-refractivity contribution is 7.80. The number of hydrogen-bond acceptors (Lipinski definition) is 3. The van der Waals surface area contributed by atoms with Gasteiger partial charge in [-0.1, -0.05) is 18.2 Å². The maximum Gasteiger partial charge on any atom is 0.306 e. The van der Waals surface area contributed by atoms with Crippen molar-refractivity contribution in [3.8, 4) is 0 Å². The number of benzene rings is 1. The Bertz CT molecular complexity index is 434. The Hall–Kier alpha value is -1.49. The van der Waals surface area contributed by atoms with Gasteiger partial charge in [0.05, 0.1) is 5.92 Å². The second-order valence-corrected chi connectivity index (χ2v) is 4.57. The van der Waals surface area contributed by atoms with Crippen LogP contribution in [0.5, 0.6) is 0 Å². The molecule has 0 aromatic heterocycles. The molecule has 5 heteroatoms. The summed E-state index contributed by atoms with van der Waals surface area (Å²) in [5, 5.41) is 9.15. The molecule has 0 spiro atoms. The molecule has 1 aromatic carbocycles. The number of carbonyl (C=O) groups excluding carboxylic acids is 1. The van der Waals surface area contributed by atoms with Gasteiger partial charge in [-0.2, -0.15) is 12.6 Å². The average molecular weight is 267 g/mol. The van der Waals surface area contributed by atoms with Crippen molar-refractivity contribution in [1.29, 1.82) is 0 Å². The summed E-state index contributed by atoms with van der Waals surface area (Å²) in [7, 11) is 0. The summed E-state index contributed by atoms with van der Waals surface area (Å²) in [6, 6.07) is 6.86. The first-order chi connectivity index (χ1) is 8.56. The minimum atomic E-state index is -0.851. The standard InChI is InChI=1S/C13H17NO3S/c14-12(15)11-6-2-1-4-9(11)8-10(13(16)17)5-3-7-18/h1-2,4,6,10,18H,3,5,7-8H2,(H2,14,15)(H,16,17). The van der Waals surface area contributed by atoms with E-state index in [0.29, 0.717) is 29.7 Å². The molecule has 0 heterocycles. The van der Waals surface area contributed by atoms with Crippen LogP contribution in [-0.4, -0.2) is 22.7 Å². The molecule has 1 aromatic rings. The molecule has 98 valence electrons. The molecular weight excluding hydrogens is 250 g/mol. The van der Waals surface area contributed by atoms with Gasteiger partial charge in [0.15, 0.2) is 0 Å². The van der Waals surface area contributed by atoms with E-state index in [1.807, 2.05) is 0 Å². The van der Waals surface area contributed by atoms with Crippen LogP contribution in [0.3, 0.4) is 0 Å². The number of nitrogens with two attached hydrogens (primary N) is 1. The lowest BCUT2D eigenvalue weighted by Crippen LogP contribution is -2.20. The molecule has 18 heavy (non-hydrogen) atoms. The summed E-state index contributed by atoms with van der Waals surface area (Å²) < 4.78 is 0. The highest BCUT2D eigenvalue weighted by Gasteiger charge is 2.19. The van der Waals surface area contributed by atoms with Gasteiger partial charge < -0.3 is 10.8 Å². The van der Waals surface area contributed by atoms with E-state index in [1.54, 1.807) is 24.3 Å². The van der Waals surface area contributed by atoms with Crippen LogP contribution in [0, 0.1) is 5.92 Å². The maximum atomic E-state index is 11.2. The lowest BCUT2D eigenvalue weighted by atomic mass is 9.92.